The zero-order valence-electron chi connectivity index (χ0n) is 18.4. The number of aliphatic hydroxyl groups excluding tert-OH is 2. The molecule has 34 heavy (non-hydrogen) atoms. The van der Waals surface area contributed by atoms with Gasteiger partial charge in [0.15, 0.2) is 0 Å². The van der Waals surface area contributed by atoms with Gasteiger partial charge in [0, 0.05) is 29.6 Å². The van der Waals surface area contributed by atoms with Crippen molar-refractivity contribution in [1.82, 2.24) is 24.8 Å². The average Bonchev–Trinajstić information content (AvgIpc) is 3.36. The van der Waals surface area contributed by atoms with Gasteiger partial charge in [-0.1, -0.05) is 12.1 Å². The molecule has 0 radical (unpaired) electrons. The summed E-state index contributed by atoms with van der Waals surface area (Å²) in [5, 5.41) is 27.6. The first-order chi connectivity index (χ1) is 16.4. The Kier molecular flexibility index (Phi) is 5.03. The van der Waals surface area contributed by atoms with Crippen LogP contribution >= 0.6 is 15.9 Å². The summed E-state index contributed by atoms with van der Waals surface area (Å²) in [6, 6.07) is 9.95. The minimum absolute atomic E-state index is 0.144. The van der Waals surface area contributed by atoms with Crippen molar-refractivity contribution in [2.75, 3.05) is 18.0 Å². The number of nitrogen functional groups attached to an aromatic ring is 2. The molecule has 1 spiro atoms. The van der Waals surface area contributed by atoms with Gasteiger partial charge >= 0.3 is 0 Å². The van der Waals surface area contributed by atoms with E-state index in [9.17, 15) is 10.2 Å². The number of hydrogen-bond donors (Lipinski definition) is 5. The summed E-state index contributed by atoms with van der Waals surface area (Å²) >= 11 is 3.43. The van der Waals surface area contributed by atoms with Crippen molar-refractivity contribution in [2.24, 2.45) is 5.41 Å². The van der Waals surface area contributed by atoms with E-state index in [1.807, 2.05) is 22.9 Å². The maximum absolute atomic E-state index is 11.1. The first kappa shape index (κ1) is 21.7. The second-order valence-electron chi connectivity index (χ2n) is 9.57. The Morgan fingerprint density at radius 2 is 1.97 bits per heavy atom. The molecular weight excluding hydrogens is 498 g/mol. The number of rotatable bonds is 2. The number of halogens is 1. The Labute approximate surface area is 204 Å². The van der Waals surface area contributed by atoms with Crippen molar-refractivity contribution in [3.8, 4) is 0 Å². The molecule has 6 rings (SSSR count). The fourth-order valence-electron chi connectivity index (χ4n) is 5.80. The van der Waals surface area contributed by atoms with Crippen LogP contribution in [0.15, 0.2) is 47.3 Å². The molecule has 1 saturated carbocycles. The quantitative estimate of drug-likeness (QED) is 0.269. The van der Waals surface area contributed by atoms with E-state index in [1.54, 1.807) is 0 Å². The summed E-state index contributed by atoms with van der Waals surface area (Å²) in [5.74, 6) is 0.881. The fraction of sp³-hybridized carbons (Fsp3) is 0.375. The number of anilines is 2. The Morgan fingerprint density at radius 1 is 1.12 bits per heavy atom. The number of nitrogens with zero attached hydrogens (tertiary/aromatic N) is 4. The Hall–Kier alpha value is -2.79. The topological polar surface area (TPSA) is 148 Å². The van der Waals surface area contributed by atoms with Crippen LogP contribution in [0.1, 0.15) is 36.9 Å². The molecule has 2 fully saturated rings. The van der Waals surface area contributed by atoms with Crippen LogP contribution in [0, 0.1) is 5.41 Å². The van der Waals surface area contributed by atoms with Crippen molar-refractivity contribution in [2.45, 2.75) is 43.6 Å². The third-order valence-corrected chi connectivity index (χ3v) is 8.35. The number of pyridine rings is 1. The highest BCUT2D eigenvalue weighted by Gasteiger charge is 2.54. The highest BCUT2D eigenvalue weighted by molar-refractivity contribution is 9.10. The fourth-order valence-corrected chi connectivity index (χ4v) is 6.14. The van der Waals surface area contributed by atoms with Gasteiger partial charge < -0.3 is 31.6 Å². The van der Waals surface area contributed by atoms with Gasteiger partial charge in [-0.15, -0.1) is 0 Å². The molecule has 0 bridgehead atoms. The van der Waals surface area contributed by atoms with Crippen LogP contribution in [0.25, 0.3) is 21.9 Å². The first-order valence-corrected chi connectivity index (χ1v) is 12.2. The number of piperidine rings is 1. The molecule has 7 N–H and O–H groups in total. The van der Waals surface area contributed by atoms with Crippen molar-refractivity contribution in [3.05, 3.63) is 52.9 Å². The summed E-state index contributed by atoms with van der Waals surface area (Å²) < 4.78 is 2.72. The lowest BCUT2D eigenvalue weighted by molar-refractivity contribution is -0.0398. The second-order valence-corrected chi connectivity index (χ2v) is 10.4. The minimum Gasteiger partial charge on any atom is -0.390 e. The zero-order valence-corrected chi connectivity index (χ0v) is 20.0. The van der Waals surface area contributed by atoms with Crippen molar-refractivity contribution in [3.63, 3.8) is 0 Å². The van der Waals surface area contributed by atoms with E-state index in [2.05, 4.69) is 54.4 Å². The first-order valence-electron chi connectivity index (χ1n) is 11.4. The van der Waals surface area contributed by atoms with Gasteiger partial charge in [-0.05, 0) is 59.0 Å². The number of benzene rings is 1. The van der Waals surface area contributed by atoms with E-state index in [1.165, 1.54) is 6.33 Å². The number of aromatic nitrogens is 4. The number of fused-ring (bicyclic) bond motifs is 2. The van der Waals surface area contributed by atoms with Crippen molar-refractivity contribution in [1.29, 1.82) is 0 Å². The maximum atomic E-state index is 11.1. The number of nitrogens with one attached hydrogen (secondary N) is 1. The van der Waals surface area contributed by atoms with E-state index in [0.29, 0.717) is 30.2 Å². The Bertz CT molecular complexity index is 1400. The summed E-state index contributed by atoms with van der Waals surface area (Å²) in [5.41, 5.74) is 14.2. The van der Waals surface area contributed by atoms with Crippen molar-refractivity contribution < 1.29 is 10.2 Å². The molecule has 1 aromatic carbocycles. The molecule has 5 atom stereocenters. The van der Waals surface area contributed by atoms with Crippen LogP contribution in [0.5, 0.6) is 0 Å². The lowest BCUT2D eigenvalue weighted by atomic mass is 9.74. The molecule has 4 aromatic rings. The van der Waals surface area contributed by atoms with E-state index in [4.69, 9.17) is 11.5 Å². The molecule has 0 amide bonds. The molecule has 1 saturated heterocycles. The molecule has 5 unspecified atom stereocenters. The third kappa shape index (κ3) is 3.28. The molecular formula is C24H26BrN7O2. The highest BCUT2D eigenvalue weighted by Crippen LogP contribution is 2.51. The summed E-state index contributed by atoms with van der Waals surface area (Å²) in [6.07, 6.45) is 3.86. The van der Waals surface area contributed by atoms with Gasteiger partial charge in [-0.3, -0.25) is 0 Å². The minimum atomic E-state index is -0.892. The Morgan fingerprint density at radius 3 is 2.76 bits per heavy atom. The number of aliphatic hydroxyl groups is 2. The normalized spacial score (nSPS) is 29.4. The smallest absolute Gasteiger partial charge is 0.145 e. The SMILES string of the molecule is Nc1nc2cc(C3CCC4(CN3)CC(n3ccc5c(N)ncnc53)C(O)C4O)ccc2cc1Br. The predicted octanol–water partition coefficient (Wildman–Crippen LogP) is 2.68. The molecule has 4 heterocycles. The van der Waals surface area contributed by atoms with Gasteiger partial charge in [0.2, 0.25) is 0 Å². The van der Waals surface area contributed by atoms with Gasteiger partial charge in [0.05, 0.1) is 27.5 Å². The monoisotopic (exact) mass is 523 g/mol. The summed E-state index contributed by atoms with van der Waals surface area (Å²) in [6.45, 7) is 0.608. The third-order valence-electron chi connectivity index (χ3n) is 7.71. The maximum Gasteiger partial charge on any atom is 0.145 e. The van der Waals surface area contributed by atoms with Gasteiger partial charge in [0.1, 0.15) is 29.7 Å². The summed E-state index contributed by atoms with van der Waals surface area (Å²) in [4.78, 5) is 12.9. The molecule has 1 aliphatic heterocycles. The van der Waals surface area contributed by atoms with E-state index >= 15 is 0 Å². The largest absolute Gasteiger partial charge is 0.390 e. The van der Waals surface area contributed by atoms with Crippen LogP contribution in [-0.4, -0.2) is 48.5 Å². The van der Waals surface area contributed by atoms with Crippen LogP contribution in [-0.2, 0) is 0 Å². The average molecular weight is 524 g/mol. The molecule has 9 nitrogen and oxygen atoms in total. The predicted molar refractivity (Wildman–Crippen MR) is 134 cm³/mol. The van der Waals surface area contributed by atoms with Crippen LogP contribution < -0.4 is 16.8 Å². The standard InChI is InChI=1S/C24H26BrN7O2/c25-15-7-12-1-2-13(8-17(12)31-22(15)27)16-3-5-24(10-28-16)9-18(19(33)20(24)34)32-6-4-14-21(26)29-11-30-23(14)32/h1-2,4,6-8,11,16,18-20,28,33-34H,3,5,9-10H2,(H2,27,31)(H2,26,29,30). The summed E-state index contributed by atoms with van der Waals surface area (Å²) in [7, 11) is 0. The van der Waals surface area contributed by atoms with Gasteiger partial charge in [-0.2, -0.15) is 0 Å². The molecule has 3 aromatic heterocycles. The second kappa shape index (κ2) is 7.88. The molecule has 2 aliphatic rings. The Balaban J connectivity index is 1.24. The molecule has 1 aliphatic carbocycles. The number of hydrogen-bond acceptors (Lipinski definition) is 8. The van der Waals surface area contributed by atoms with E-state index < -0.39 is 17.6 Å². The van der Waals surface area contributed by atoms with Gasteiger partial charge in [0.25, 0.3) is 0 Å². The van der Waals surface area contributed by atoms with E-state index in [0.717, 1.165) is 39.2 Å². The zero-order chi connectivity index (χ0) is 23.6. The van der Waals surface area contributed by atoms with Crippen LogP contribution in [0.2, 0.25) is 0 Å². The lowest BCUT2D eigenvalue weighted by Gasteiger charge is -2.40. The van der Waals surface area contributed by atoms with Gasteiger partial charge in [-0.25, -0.2) is 15.0 Å². The van der Waals surface area contributed by atoms with Crippen molar-refractivity contribution >= 4 is 49.5 Å². The number of nitrogens with two attached hydrogens (primary N) is 2. The highest BCUT2D eigenvalue weighted by atomic mass is 79.9. The van der Waals surface area contributed by atoms with E-state index in [-0.39, 0.29) is 12.1 Å². The molecule has 176 valence electrons. The molecule has 10 heteroatoms. The van der Waals surface area contributed by atoms with Crippen LogP contribution in [0.3, 0.4) is 0 Å². The van der Waals surface area contributed by atoms with Crippen LogP contribution in [0.4, 0.5) is 11.6 Å². The lowest BCUT2D eigenvalue weighted by Crippen LogP contribution is -2.48.